The monoisotopic (exact) mass is 611 g/mol. The van der Waals surface area contributed by atoms with Crippen LogP contribution in [0.3, 0.4) is 0 Å². The van der Waals surface area contributed by atoms with Crippen molar-refractivity contribution in [3.63, 3.8) is 0 Å². The van der Waals surface area contributed by atoms with Gasteiger partial charge in [-0.15, -0.1) is 11.3 Å². The number of aryl methyl sites for hydroxylation is 1. The Hall–Kier alpha value is -4.54. The minimum absolute atomic E-state index is 0.0138. The van der Waals surface area contributed by atoms with E-state index in [4.69, 9.17) is 0 Å². The summed E-state index contributed by atoms with van der Waals surface area (Å²) in [7, 11) is 0. The predicted octanol–water partition coefficient (Wildman–Crippen LogP) is 7.03. The molecule has 0 bridgehead atoms. The van der Waals surface area contributed by atoms with Crippen molar-refractivity contribution in [1.29, 1.82) is 0 Å². The van der Waals surface area contributed by atoms with Crippen LogP contribution >= 0.6 is 27.3 Å². The van der Waals surface area contributed by atoms with E-state index >= 15 is 0 Å². The molecule has 3 heterocycles. The Kier molecular flexibility index (Phi) is 6.79. The Morgan fingerprint density at radius 3 is 2.52 bits per heavy atom. The molecule has 7 nitrogen and oxygen atoms in total. The highest BCUT2D eigenvalue weighted by Crippen LogP contribution is 2.35. The van der Waals surface area contributed by atoms with E-state index in [0.29, 0.717) is 15.7 Å². The quantitative estimate of drug-likeness (QED) is 0.226. The van der Waals surface area contributed by atoms with Crippen LogP contribution in [0.2, 0.25) is 0 Å². The lowest BCUT2D eigenvalue weighted by molar-refractivity contribution is 0.102. The van der Waals surface area contributed by atoms with Crippen LogP contribution in [0.4, 0.5) is 10.1 Å². The summed E-state index contributed by atoms with van der Waals surface area (Å²) in [6, 6.07) is 23.0. The van der Waals surface area contributed by atoms with Gasteiger partial charge in [0.2, 0.25) is 0 Å². The third kappa shape index (κ3) is 4.83. The molecule has 1 amide bonds. The van der Waals surface area contributed by atoms with Crippen LogP contribution in [0, 0.1) is 12.7 Å². The molecule has 10 heteroatoms. The van der Waals surface area contributed by atoms with E-state index in [-0.39, 0.29) is 11.4 Å². The molecule has 1 N–H and O–H groups in total. The Bertz CT molecular complexity index is 1970. The van der Waals surface area contributed by atoms with Gasteiger partial charge in [-0.1, -0.05) is 52.3 Å². The molecule has 0 saturated heterocycles. The topological polar surface area (TPSA) is 89.8 Å². The second kappa shape index (κ2) is 10.6. The number of anilines is 1. The van der Waals surface area contributed by atoms with Gasteiger partial charge in [0.25, 0.3) is 11.5 Å². The van der Waals surface area contributed by atoms with Crippen LogP contribution in [0.25, 0.3) is 38.3 Å². The Balaban J connectivity index is 1.29. The van der Waals surface area contributed by atoms with Crippen molar-refractivity contribution >= 4 is 49.1 Å². The number of nitrogens with zero attached hydrogens (tertiary/aromatic N) is 4. The number of aromatic nitrogens is 4. The standard InChI is InChI=1S/C30H19BrFN5O2S/c1-17-14-26(38)37(25-11-8-19(31)15-24(25)32)36-27(17)29(39)35-20-9-6-18(7-10-20)21-4-2-3-5-22(21)28-23-12-13-40-30(23)34-16-33-28/h2-16H,1H3,(H,35,39). The summed E-state index contributed by atoms with van der Waals surface area (Å²) in [6.45, 7) is 1.61. The molecule has 0 spiro atoms. The average molecular weight is 612 g/mol. The molecule has 6 aromatic rings. The zero-order chi connectivity index (χ0) is 27.8. The first-order valence-electron chi connectivity index (χ1n) is 12.1. The first kappa shape index (κ1) is 25.7. The van der Waals surface area contributed by atoms with Crippen LogP contribution in [-0.4, -0.2) is 25.7 Å². The number of carbonyl (C=O) groups excluding carboxylic acids is 1. The summed E-state index contributed by atoms with van der Waals surface area (Å²) in [5.41, 5.74) is 4.13. The highest BCUT2D eigenvalue weighted by Gasteiger charge is 2.18. The van der Waals surface area contributed by atoms with E-state index in [1.165, 1.54) is 18.2 Å². The van der Waals surface area contributed by atoms with E-state index in [2.05, 4.69) is 36.3 Å². The van der Waals surface area contributed by atoms with Crippen molar-refractivity contribution in [1.82, 2.24) is 19.7 Å². The van der Waals surface area contributed by atoms with Crippen molar-refractivity contribution in [2.75, 3.05) is 5.32 Å². The number of hydrogen-bond donors (Lipinski definition) is 1. The van der Waals surface area contributed by atoms with Gasteiger partial charge < -0.3 is 5.32 Å². The minimum atomic E-state index is -0.642. The molecular formula is C30H19BrFN5O2S. The lowest BCUT2D eigenvalue weighted by Gasteiger charge is -2.12. The maximum Gasteiger partial charge on any atom is 0.276 e. The number of fused-ring (bicyclic) bond motifs is 1. The molecular weight excluding hydrogens is 593 g/mol. The number of benzene rings is 3. The number of halogens is 2. The molecule has 0 saturated carbocycles. The van der Waals surface area contributed by atoms with Crippen LogP contribution in [-0.2, 0) is 0 Å². The van der Waals surface area contributed by atoms with Gasteiger partial charge >= 0.3 is 0 Å². The van der Waals surface area contributed by atoms with Gasteiger partial charge in [-0.3, -0.25) is 9.59 Å². The van der Waals surface area contributed by atoms with Crippen molar-refractivity contribution in [3.8, 4) is 28.1 Å². The third-order valence-electron chi connectivity index (χ3n) is 6.37. The summed E-state index contributed by atoms with van der Waals surface area (Å²) in [6.07, 6.45) is 1.58. The minimum Gasteiger partial charge on any atom is -0.321 e. The molecule has 0 radical (unpaired) electrons. The van der Waals surface area contributed by atoms with Gasteiger partial charge in [0, 0.05) is 27.2 Å². The maximum atomic E-state index is 14.5. The highest BCUT2D eigenvalue weighted by molar-refractivity contribution is 9.10. The summed E-state index contributed by atoms with van der Waals surface area (Å²) in [5, 5.41) is 10.0. The number of thiophene rings is 1. The van der Waals surface area contributed by atoms with Gasteiger partial charge in [0.1, 0.15) is 22.7 Å². The third-order valence-corrected chi connectivity index (χ3v) is 7.69. The van der Waals surface area contributed by atoms with E-state index in [1.807, 2.05) is 47.8 Å². The SMILES string of the molecule is Cc1cc(=O)n(-c2ccc(Br)cc2F)nc1C(=O)Nc1ccc(-c2ccccc2-c2ncnc3sccc23)cc1. The summed E-state index contributed by atoms with van der Waals surface area (Å²) in [4.78, 5) is 35.6. The van der Waals surface area contributed by atoms with E-state index in [1.54, 1.807) is 42.8 Å². The van der Waals surface area contributed by atoms with Crippen LogP contribution in [0.1, 0.15) is 16.1 Å². The van der Waals surface area contributed by atoms with E-state index < -0.39 is 17.3 Å². The van der Waals surface area contributed by atoms with E-state index in [0.717, 1.165) is 37.3 Å². The van der Waals surface area contributed by atoms with Gasteiger partial charge in [-0.2, -0.15) is 9.78 Å². The van der Waals surface area contributed by atoms with Gasteiger partial charge in [0.05, 0.1) is 5.69 Å². The van der Waals surface area contributed by atoms with E-state index in [9.17, 15) is 14.0 Å². The maximum absolute atomic E-state index is 14.5. The van der Waals surface area contributed by atoms with Gasteiger partial charge in [-0.25, -0.2) is 14.4 Å². The molecule has 6 rings (SSSR count). The lowest BCUT2D eigenvalue weighted by Crippen LogP contribution is -2.27. The summed E-state index contributed by atoms with van der Waals surface area (Å²) < 4.78 is 15.9. The molecule has 0 aliphatic carbocycles. The average Bonchev–Trinajstić information content (AvgIpc) is 3.43. The second-order valence-electron chi connectivity index (χ2n) is 8.96. The van der Waals surface area contributed by atoms with Crippen LogP contribution in [0.5, 0.6) is 0 Å². The van der Waals surface area contributed by atoms with Crippen molar-refractivity contribution < 1.29 is 9.18 Å². The van der Waals surface area contributed by atoms with Gasteiger partial charge in [0.15, 0.2) is 5.69 Å². The Labute approximate surface area is 240 Å². The smallest absolute Gasteiger partial charge is 0.276 e. The predicted molar refractivity (Wildman–Crippen MR) is 158 cm³/mol. The molecule has 0 unspecified atom stereocenters. The normalized spacial score (nSPS) is 11.1. The summed E-state index contributed by atoms with van der Waals surface area (Å²) >= 11 is 4.77. The fourth-order valence-corrected chi connectivity index (χ4v) is 5.53. The number of rotatable bonds is 5. The van der Waals surface area contributed by atoms with Crippen LogP contribution < -0.4 is 10.9 Å². The molecule has 0 aliphatic rings. The molecule has 196 valence electrons. The lowest BCUT2D eigenvalue weighted by atomic mass is 9.96. The highest BCUT2D eigenvalue weighted by atomic mass is 79.9. The number of nitrogens with one attached hydrogen (secondary N) is 1. The molecule has 3 aromatic heterocycles. The van der Waals surface area contributed by atoms with Crippen LogP contribution in [0.15, 0.2) is 99.8 Å². The van der Waals surface area contributed by atoms with Crippen molar-refractivity contribution in [2.45, 2.75) is 6.92 Å². The Morgan fingerprint density at radius 2 is 1.75 bits per heavy atom. The first-order chi connectivity index (χ1) is 19.4. The molecule has 40 heavy (non-hydrogen) atoms. The largest absolute Gasteiger partial charge is 0.321 e. The van der Waals surface area contributed by atoms with Gasteiger partial charge in [-0.05, 0) is 65.4 Å². The zero-order valence-corrected chi connectivity index (χ0v) is 23.3. The fraction of sp³-hybridized carbons (Fsp3) is 0.0333. The molecule has 0 fully saturated rings. The number of amides is 1. The number of carbonyl (C=O) groups is 1. The summed E-state index contributed by atoms with van der Waals surface area (Å²) in [5.74, 6) is -1.16. The first-order valence-corrected chi connectivity index (χ1v) is 13.8. The molecule has 0 atom stereocenters. The fourth-order valence-electron chi connectivity index (χ4n) is 4.46. The van der Waals surface area contributed by atoms with Crippen molar-refractivity contribution in [3.05, 3.63) is 122 Å². The molecule has 0 aliphatic heterocycles. The second-order valence-corrected chi connectivity index (χ2v) is 10.8. The Morgan fingerprint density at radius 1 is 0.975 bits per heavy atom. The molecule has 3 aromatic carbocycles. The van der Waals surface area contributed by atoms with Crippen molar-refractivity contribution in [2.24, 2.45) is 0 Å². The zero-order valence-electron chi connectivity index (χ0n) is 20.9. The number of hydrogen-bond acceptors (Lipinski definition) is 6.